The van der Waals surface area contributed by atoms with Crippen LogP contribution in [-0.4, -0.2) is 34.0 Å². The highest BCUT2D eigenvalue weighted by atomic mass is 35.5. The summed E-state index contributed by atoms with van der Waals surface area (Å²) in [5.74, 6) is 0. The first kappa shape index (κ1) is 15.3. The van der Waals surface area contributed by atoms with Gasteiger partial charge in [0.2, 0.25) is 0 Å². The van der Waals surface area contributed by atoms with Crippen molar-refractivity contribution >= 4 is 28.9 Å². The summed E-state index contributed by atoms with van der Waals surface area (Å²) in [6, 6.07) is 7.46. The molecule has 1 fully saturated rings. The minimum Gasteiger partial charge on any atom is -0.388 e. The Morgan fingerprint density at radius 3 is 3.00 bits per heavy atom. The van der Waals surface area contributed by atoms with Crippen molar-refractivity contribution in [1.82, 2.24) is 10.2 Å². The van der Waals surface area contributed by atoms with E-state index in [1.807, 2.05) is 23.1 Å². The van der Waals surface area contributed by atoms with Gasteiger partial charge in [0.1, 0.15) is 5.02 Å². The van der Waals surface area contributed by atoms with Crippen LogP contribution in [0.15, 0.2) is 35.3 Å². The normalized spacial score (nSPS) is 21.3. The predicted octanol–water partition coefficient (Wildman–Crippen LogP) is 2.26. The molecule has 2 N–H and O–H groups in total. The first-order chi connectivity index (χ1) is 10.5. The van der Waals surface area contributed by atoms with E-state index in [1.165, 1.54) is 6.20 Å². The van der Waals surface area contributed by atoms with Gasteiger partial charge in [-0.1, -0.05) is 35.3 Å². The average molecular weight is 340 g/mol. The van der Waals surface area contributed by atoms with Gasteiger partial charge >= 0.3 is 0 Å². The van der Waals surface area contributed by atoms with Crippen LogP contribution in [0.1, 0.15) is 12.0 Å². The second kappa shape index (κ2) is 5.91. The molecule has 1 aliphatic heterocycles. The van der Waals surface area contributed by atoms with E-state index in [2.05, 4.69) is 10.2 Å². The molecule has 3 rings (SSSR count). The van der Waals surface area contributed by atoms with Gasteiger partial charge in [0, 0.05) is 24.5 Å². The highest BCUT2D eigenvalue weighted by Gasteiger charge is 2.37. The molecule has 0 spiro atoms. The Hall–Kier alpha value is -1.56. The zero-order chi connectivity index (χ0) is 15.7. The van der Waals surface area contributed by atoms with E-state index in [4.69, 9.17) is 23.2 Å². The maximum atomic E-state index is 11.5. The van der Waals surface area contributed by atoms with Crippen LogP contribution in [-0.2, 0) is 6.42 Å². The van der Waals surface area contributed by atoms with Crippen molar-refractivity contribution in [2.75, 3.05) is 18.0 Å². The van der Waals surface area contributed by atoms with E-state index in [0.29, 0.717) is 36.6 Å². The number of aromatic amines is 1. The van der Waals surface area contributed by atoms with E-state index in [-0.39, 0.29) is 5.02 Å². The van der Waals surface area contributed by atoms with Gasteiger partial charge in [-0.05, 0) is 24.1 Å². The standard InChI is InChI=1S/C15H15Cl2N3O2/c16-11-3-1-2-10(6-11)7-15(22)4-5-20(9-15)12-8-18-19-14(21)13(12)17/h1-3,6,8,22H,4-5,7,9H2,(H,19,21). The monoisotopic (exact) mass is 339 g/mol. The molecule has 2 heterocycles. The quantitative estimate of drug-likeness (QED) is 0.899. The van der Waals surface area contributed by atoms with Crippen molar-refractivity contribution in [2.24, 2.45) is 0 Å². The summed E-state index contributed by atoms with van der Waals surface area (Å²) in [5.41, 5.74) is 0.222. The van der Waals surface area contributed by atoms with Crippen molar-refractivity contribution in [2.45, 2.75) is 18.4 Å². The molecule has 0 bridgehead atoms. The third kappa shape index (κ3) is 3.11. The Morgan fingerprint density at radius 2 is 2.23 bits per heavy atom. The maximum Gasteiger partial charge on any atom is 0.285 e. The third-order valence-electron chi connectivity index (χ3n) is 3.87. The van der Waals surface area contributed by atoms with E-state index < -0.39 is 11.2 Å². The number of benzene rings is 1. The first-order valence-electron chi connectivity index (χ1n) is 6.92. The Kier molecular flexibility index (Phi) is 4.12. The molecule has 1 aliphatic rings. The highest BCUT2D eigenvalue weighted by molar-refractivity contribution is 6.33. The zero-order valence-corrected chi connectivity index (χ0v) is 13.2. The number of H-pyrrole nitrogens is 1. The van der Waals surface area contributed by atoms with Gasteiger partial charge in [-0.3, -0.25) is 4.79 Å². The van der Waals surface area contributed by atoms with Gasteiger partial charge in [-0.2, -0.15) is 5.10 Å². The second-order valence-corrected chi connectivity index (χ2v) is 6.42. The maximum absolute atomic E-state index is 11.5. The lowest BCUT2D eigenvalue weighted by atomic mass is 9.94. The fourth-order valence-corrected chi connectivity index (χ4v) is 3.25. The van der Waals surface area contributed by atoms with E-state index in [9.17, 15) is 9.90 Å². The lowest BCUT2D eigenvalue weighted by molar-refractivity contribution is 0.0637. The molecule has 1 atom stereocenters. The fraction of sp³-hybridized carbons (Fsp3) is 0.333. The molecule has 7 heteroatoms. The van der Waals surface area contributed by atoms with Crippen molar-refractivity contribution < 1.29 is 5.11 Å². The number of aromatic nitrogens is 2. The third-order valence-corrected chi connectivity index (χ3v) is 4.47. The molecular weight excluding hydrogens is 325 g/mol. The van der Waals surface area contributed by atoms with Crippen molar-refractivity contribution in [1.29, 1.82) is 0 Å². The second-order valence-electron chi connectivity index (χ2n) is 5.60. The largest absolute Gasteiger partial charge is 0.388 e. The lowest BCUT2D eigenvalue weighted by Gasteiger charge is -2.24. The van der Waals surface area contributed by atoms with Crippen LogP contribution in [0.5, 0.6) is 0 Å². The topological polar surface area (TPSA) is 69.2 Å². The minimum atomic E-state index is -0.878. The molecule has 1 unspecified atom stereocenters. The Balaban J connectivity index is 1.79. The van der Waals surface area contributed by atoms with Gasteiger partial charge in [0.15, 0.2) is 0 Å². The first-order valence-corrected chi connectivity index (χ1v) is 7.67. The summed E-state index contributed by atoms with van der Waals surface area (Å²) >= 11 is 12.0. The summed E-state index contributed by atoms with van der Waals surface area (Å²) in [6.07, 6.45) is 2.59. The average Bonchev–Trinajstić information content (AvgIpc) is 2.84. The van der Waals surface area contributed by atoms with Gasteiger partial charge in [0.25, 0.3) is 5.56 Å². The van der Waals surface area contributed by atoms with Gasteiger partial charge in [-0.25, -0.2) is 5.10 Å². The number of hydrogen-bond acceptors (Lipinski definition) is 4. The minimum absolute atomic E-state index is 0.0991. The summed E-state index contributed by atoms with van der Waals surface area (Å²) in [5, 5.41) is 17.6. The molecule has 2 aromatic rings. The number of halogens is 2. The summed E-state index contributed by atoms with van der Waals surface area (Å²) in [7, 11) is 0. The highest BCUT2D eigenvalue weighted by Crippen LogP contribution is 2.31. The van der Waals surface area contributed by atoms with Crippen LogP contribution in [0.25, 0.3) is 0 Å². The SMILES string of the molecule is O=c1[nH]ncc(N2CCC(O)(Cc3cccc(Cl)c3)C2)c1Cl. The van der Waals surface area contributed by atoms with Gasteiger partial charge < -0.3 is 10.0 Å². The summed E-state index contributed by atoms with van der Waals surface area (Å²) in [6.45, 7) is 1.01. The fourth-order valence-electron chi connectivity index (χ4n) is 2.83. The predicted molar refractivity (Wildman–Crippen MR) is 86.8 cm³/mol. The zero-order valence-electron chi connectivity index (χ0n) is 11.7. The number of nitrogens with zero attached hydrogens (tertiary/aromatic N) is 2. The number of β-amino-alcohol motifs (C(OH)–C–C–N with tert-alkyl or cyclic N) is 1. The van der Waals surface area contributed by atoms with Crippen molar-refractivity contribution in [3.63, 3.8) is 0 Å². The number of hydrogen-bond donors (Lipinski definition) is 2. The molecular formula is C15H15Cl2N3O2. The molecule has 0 saturated carbocycles. The smallest absolute Gasteiger partial charge is 0.285 e. The number of rotatable bonds is 3. The number of nitrogens with one attached hydrogen (secondary N) is 1. The van der Waals surface area contributed by atoms with Crippen LogP contribution < -0.4 is 10.5 Å². The van der Waals surface area contributed by atoms with E-state index in [1.54, 1.807) is 6.07 Å². The van der Waals surface area contributed by atoms with Crippen LogP contribution in [0.3, 0.4) is 0 Å². The molecule has 1 aromatic carbocycles. The molecule has 116 valence electrons. The van der Waals surface area contributed by atoms with Gasteiger partial charge in [0.05, 0.1) is 17.5 Å². The van der Waals surface area contributed by atoms with E-state index >= 15 is 0 Å². The molecule has 0 aliphatic carbocycles. The number of aliphatic hydroxyl groups is 1. The molecule has 22 heavy (non-hydrogen) atoms. The Labute approximate surface area is 137 Å². The summed E-state index contributed by atoms with van der Waals surface area (Å²) < 4.78 is 0. The molecule has 5 nitrogen and oxygen atoms in total. The molecule has 1 saturated heterocycles. The van der Waals surface area contributed by atoms with Crippen LogP contribution in [0.2, 0.25) is 10.0 Å². The van der Waals surface area contributed by atoms with E-state index in [0.717, 1.165) is 5.56 Å². The summed E-state index contributed by atoms with van der Waals surface area (Å²) in [4.78, 5) is 13.4. The molecule has 0 radical (unpaired) electrons. The van der Waals surface area contributed by atoms with Crippen LogP contribution in [0.4, 0.5) is 5.69 Å². The lowest BCUT2D eigenvalue weighted by Crippen LogP contribution is -2.35. The van der Waals surface area contributed by atoms with Crippen LogP contribution in [0, 0.1) is 0 Å². The van der Waals surface area contributed by atoms with Crippen molar-refractivity contribution in [3.05, 3.63) is 56.4 Å². The Bertz CT molecular complexity index is 750. The van der Waals surface area contributed by atoms with Gasteiger partial charge in [-0.15, -0.1) is 0 Å². The van der Waals surface area contributed by atoms with Crippen LogP contribution >= 0.6 is 23.2 Å². The Morgan fingerprint density at radius 1 is 1.41 bits per heavy atom. The molecule has 0 amide bonds. The van der Waals surface area contributed by atoms with Crippen molar-refractivity contribution in [3.8, 4) is 0 Å². The number of anilines is 1. The molecule has 1 aromatic heterocycles.